The molecule has 0 aromatic heterocycles. The summed E-state index contributed by atoms with van der Waals surface area (Å²) in [5.41, 5.74) is -8.56. The molecule has 4 fully saturated rings. The highest BCUT2D eigenvalue weighted by atomic mass is 32.2. The summed E-state index contributed by atoms with van der Waals surface area (Å²) in [4.78, 5) is 155. The number of hydrogen-bond acceptors (Lipinski definition) is 21. The van der Waals surface area contributed by atoms with E-state index in [2.05, 4.69) is 10.6 Å². The molecule has 2 aliphatic heterocycles. The summed E-state index contributed by atoms with van der Waals surface area (Å²) in [5, 5.41) is 29.1. The van der Waals surface area contributed by atoms with Gasteiger partial charge in [-0.05, 0) is 60.9 Å². The lowest BCUT2D eigenvalue weighted by Crippen LogP contribution is -2.82. The Kier molecular flexibility index (Phi) is 20.2. The Balaban J connectivity index is 1.41. The lowest BCUT2D eigenvalue weighted by Gasteiger charge is -2.67. The number of carboxylic acids is 1. The summed E-state index contributed by atoms with van der Waals surface area (Å²) in [7, 11) is 0. The maximum absolute atomic E-state index is 16.4. The second-order valence-corrected chi connectivity index (χ2v) is 25.3. The highest BCUT2D eigenvalue weighted by molar-refractivity contribution is 8.24. The Morgan fingerprint density at radius 2 is 1.46 bits per heavy atom. The van der Waals surface area contributed by atoms with E-state index in [1.807, 2.05) is 0 Å². The molecule has 85 heavy (non-hydrogen) atoms. The molecule has 2 bridgehead atoms. The van der Waals surface area contributed by atoms with E-state index in [-0.39, 0.29) is 63.4 Å². The van der Waals surface area contributed by atoms with Crippen LogP contribution < -0.4 is 10.6 Å². The summed E-state index contributed by atoms with van der Waals surface area (Å²) >= 11 is 6.25. The van der Waals surface area contributed by atoms with Gasteiger partial charge < -0.3 is 54.0 Å². The fourth-order valence-corrected chi connectivity index (χ4v) is 13.5. The molecule has 4 N–H and O–H groups in total. The number of thiocarbonyl (C=S) groups is 1. The first kappa shape index (κ1) is 65.5. The lowest BCUT2D eigenvalue weighted by atomic mass is 9.44. The van der Waals surface area contributed by atoms with E-state index < -0.39 is 174 Å². The number of rotatable bonds is 22. The van der Waals surface area contributed by atoms with Gasteiger partial charge in [0.2, 0.25) is 23.8 Å². The number of ketones is 1. The van der Waals surface area contributed by atoms with Gasteiger partial charge in [0.05, 0.1) is 29.3 Å². The molecule has 3 aliphatic carbocycles. The van der Waals surface area contributed by atoms with Gasteiger partial charge in [-0.1, -0.05) is 114 Å². The number of carbonyl (C=O) groups excluding carboxylic acids is 10. The number of aliphatic hydroxyl groups is 1. The van der Waals surface area contributed by atoms with E-state index in [0.29, 0.717) is 0 Å². The second kappa shape index (κ2) is 26.3. The number of esters is 6. The zero-order valence-corrected chi connectivity index (χ0v) is 50.6. The van der Waals surface area contributed by atoms with Crippen LogP contribution in [-0.2, 0) is 81.1 Å². The number of nitrogens with zero attached hydrogens (tertiary/aromatic N) is 1. The topological polar surface area (TPSA) is 320 Å². The highest BCUT2D eigenvalue weighted by Crippen LogP contribution is 2.65. The van der Waals surface area contributed by atoms with Gasteiger partial charge >= 0.3 is 41.8 Å². The van der Waals surface area contributed by atoms with Crippen LogP contribution in [0.3, 0.4) is 0 Å². The predicted octanol–water partition coefficient (Wildman–Crippen LogP) is 4.83. The van der Waals surface area contributed by atoms with Gasteiger partial charge in [-0.15, -0.1) is 0 Å². The molecule has 25 heteroatoms. The van der Waals surface area contributed by atoms with E-state index in [4.69, 9.17) is 45.4 Å². The minimum atomic E-state index is -2.60. The minimum Gasteiger partial charge on any atom is -0.481 e. The molecular formula is C60H73N3O20S2. The Hall–Kier alpha value is -7.09. The van der Waals surface area contributed by atoms with Crippen LogP contribution in [0.2, 0.25) is 0 Å². The van der Waals surface area contributed by atoms with Crippen LogP contribution in [0.15, 0.2) is 71.8 Å². The number of ether oxygens (including phenoxy) is 7. The monoisotopic (exact) mass is 1220 g/mol. The van der Waals surface area contributed by atoms with Crippen LogP contribution in [0.5, 0.6) is 0 Å². The molecule has 12 atom stereocenters. The van der Waals surface area contributed by atoms with Crippen LogP contribution in [0.25, 0.3) is 0 Å². The van der Waals surface area contributed by atoms with Crippen molar-refractivity contribution in [3.8, 4) is 0 Å². The lowest BCUT2D eigenvalue weighted by molar-refractivity contribution is -0.346. The van der Waals surface area contributed by atoms with Crippen molar-refractivity contribution in [1.29, 1.82) is 0 Å². The summed E-state index contributed by atoms with van der Waals surface area (Å²) in [6.45, 7) is 13.9. The van der Waals surface area contributed by atoms with Crippen molar-refractivity contribution in [2.45, 2.75) is 168 Å². The van der Waals surface area contributed by atoms with Crippen molar-refractivity contribution < 1.29 is 96.1 Å². The number of amides is 3. The van der Waals surface area contributed by atoms with Crippen LogP contribution in [0, 0.1) is 28.6 Å². The Bertz CT molecular complexity index is 3010. The standard InChI is InChI=1S/C60H73N3O20S2/c1-30(2)23-44(70)80-39-25-40-59(29-77-40,83-34(7)65)50-52(82-54(74)36-19-15-12-16-20-36)60(76)26-38(32(5)46(57(60,8)9)48(78-33(6)64)51(72)58(39,50)10)79-55(75)49(81-45(71)24-31(3)4)47(35-17-13-11-14-18-35)62-53(73)37(21-22-43(68)69)61-41(66)27-63-42(67)28-85-56(63)84/h11-20,30-31,37-40,47-50,52,76H,21-29H2,1-10H3,(H,61,66)(H,62,73)(H,68,69)/t37-,38+,39+,40-,47+,48-,49-,50+,52+,58-,59+,60-/m1/s1. The maximum Gasteiger partial charge on any atom is 0.350 e. The molecule has 0 radical (unpaired) electrons. The second-order valence-electron chi connectivity index (χ2n) is 23.7. The minimum absolute atomic E-state index is 0.0177. The van der Waals surface area contributed by atoms with Crippen LogP contribution >= 0.6 is 24.0 Å². The molecule has 2 aromatic rings. The van der Waals surface area contributed by atoms with Crippen molar-refractivity contribution in [2.75, 3.05) is 18.9 Å². The van der Waals surface area contributed by atoms with Crippen LogP contribution in [-0.4, -0.2) is 157 Å². The average Bonchev–Trinajstić information content (AvgIpc) is 0.866. The summed E-state index contributed by atoms with van der Waals surface area (Å²) < 4.78 is 43.8. The maximum atomic E-state index is 16.4. The van der Waals surface area contributed by atoms with Crippen molar-refractivity contribution >= 4 is 93.6 Å². The van der Waals surface area contributed by atoms with Crippen molar-refractivity contribution in [1.82, 2.24) is 15.5 Å². The van der Waals surface area contributed by atoms with E-state index in [1.54, 1.807) is 64.1 Å². The molecule has 2 aromatic carbocycles. The number of fused-ring (bicyclic) bond motifs is 5. The van der Waals surface area contributed by atoms with Gasteiger partial charge in [-0.25, -0.2) is 9.59 Å². The third kappa shape index (κ3) is 13.6. The first-order valence-corrected chi connectivity index (χ1v) is 29.4. The molecule has 0 spiro atoms. The Morgan fingerprint density at radius 1 is 0.835 bits per heavy atom. The third-order valence-electron chi connectivity index (χ3n) is 16.5. The Labute approximate surface area is 501 Å². The van der Waals surface area contributed by atoms with Crippen molar-refractivity contribution in [3.05, 3.63) is 82.9 Å². The Morgan fingerprint density at radius 3 is 2.01 bits per heavy atom. The zero-order chi connectivity index (χ0) is 62.7. The number of Topliss-reactive ketones (excluding diaryl/α,β-unsaturated/α-hetero) is 1. The number of aliphatic carboxylic acids is 1. The molecule has 2 heterocycles. The fourth-order valence-electron chi connectivity index (χ4n) is 12.4. The van der Waals surface area contributed by atoms with Crippen molar-refractivity contribution in [2.24, 2.45) is 28.6 Å². The molecule has 2 saturated heterocycles. The smallest absolute Gasteiger partial charge is 0.350 e. The van der Waals surface area contributed by atoms with E-state index in [0.717, 1.165) is 30.5 Å². The molecule has 7 rings (SSSR count). The molecule has 2 saturated carbocycles. The highest BCUT2D eigenvalue weighted by Gasteiger charge is 2.79. The molecule has 3 amide bonds. The van der Waals surface area contributed by atoms with E-state index in [1.165, 1.54) is 52.0 Å². The quantitative estimate of drug-likeness (QED) is 0.0531. The summed E-state index contributed by atoms with van der Waals surface area (Å²) in [6, 6.07) is 12.0. The summed E-state index contributed by atoms with van der Waals surface area (Å²) in [6.07, 6.45) is -13.0. The molecule has 0 unspecified atom stereocenters. The van der Waals surface area contributed by atoms with E-state index >= 15 is 9.59 Å². The first-order chi connectivity index (χ1) is 39.9. The van der Waals surface area contributed by atoms with Gasteiger partial charge in [0.15, 0.2) is 17.5 Å². The van der Waals surface area contributed by atoms with Gasteiger partial charge in [-0.3, -0.25) is 48.1 Å². The molecule has 460 valence electrons. The largest absolute Gasteiger partial charge is 0.481 e. The third-order valence-corrected chi connectivity index (χ3v) is 18.0. The average molecular weight is 1220 g/mol. The number of hydrogen-bond donors (Lipinski definition) is 4. The van der Waals surface area contributed by atoms with Gasteiger partial charge in [0, 0.05) is 51.4 Å². The first-order valence-electron chi connectivity index (χ1n) is 28.0. The predicted molar refractivity (Wildman–Crippen MR) is 304 cm³/mol. The zero-order valence-electron chi connectivity index (χ0n) is 49.0. The normalized spacial score (nSPS) is 27.7. The van der Waals surface area contributed by atoms with Gasteiger partial charge in [0.1, 0.15) is 53.0 Å². The number of carbonyl (C=O) groups is 11. The van der Waals surface area contributed by atoms with Gasteiger partial charge in [-0.2, -0.15) is 0 Å². The molecule has 23 nitrogen and oxygen atoms in total. The van der Waals surface area contributed by atoms with Crippen LogP contribution in [0.1, 0.15) is 130 Å². The molecular weight excluding hydrogens is 1150 g/mol. The SMILES string of the molecule is CC(=O)O[C@H]1C(=O)[C@]2(C)[C@@H](OC(=O)CC(C)C)C[C@H]3OC[C@@]3(OC(C)=O)[C@H]2[C@H](OC(=O)c2ccccc2)[C@]2(O)C[C@H](OC(=O)[C@H](OC(=O)CC(C)C)[C@@H](NC(=O)[C@@H](CCC(=O)O)NC(=O)CN3C(=O)CSC3=S)c3ccccc3)C(C)=C1C2(C)C. The summed E-state index contributed by atoms with van der Waals surface area (Å²) in [5.74, 6) is -12.9. The fraction of sp³-hybridized carbons (Fsp3) is 0.567. The van der Waals surface area contributed by atoms with Crippen molar-refractivity contribution in [3.63, 3.8) is 0 Å². The number of benzene rings is 2. The van der Waals surface area contributed by atoms with E-state index in [9.17, 15) is 53.4 Å². The van der Waals surface area contributed by atoms with Crippen LogP contribution in [0.4, 0.5) is 0 Å². The van der Waals surface area contributed by atoms with Gasteiger partial charge in [0.25, 0.3) is 0 Å². The molecule has 5 aliphatic rings. The number of thioether (sulfide) groups is 1. The number of nitrogens with one attached hydrogen (secondary N) is 2. The number of carboxylic acid groups (broad SMARTS) is 1.